The maximum absolute atomic E-state index is 12.3. The molecule has 0 saturated carbocycles. The summed E-state index contributed by atoms with van der Waals surface area (Å²) in [7, 11) is 0. The molecule has 1 rings (SSSR count). The number of benzene rings is 1. The van der Waals surface area contributed by atoms with Gasteiger partial charge in [-0.1, -0.05) is 6.07 Å². The lowest BCUT2D eigenvalue weighted by molar-refractivity contribution is 0.439. The lowest BCUT2D eigenvalue weighted by Gasteiger charge is -2.05. The molecule has 5 heteroatoms. The van der Waals surface area contributed by atoms with Gasteiger partial charge >= 0.3 is 0 Å². The molecule has 1 atom stereocenters. The third-order valence-electron chi connectivity index (χ3n) is 0.960. The van der Waals surface area contributed by atoms with Crippen LogP contribution in [0.4, 0.5) is 4.39 Å². The molecule has 0 amide bonds. The van der Waals surface area contributed by atoms with Crippen molar-refractivity contribution in [2.45, 2.75) is 0 Å². The van der Waals surface area contributed by atoms with Gasteiger partial charge in [0, 0.05) is 6.07 Å². The van der Waals surface area contributed by atoms with Crippen molar-refractivity contribution in [3.8, 4) is 5.75 Å². The van der Waals surface area contributed by atoms with Crippen molar-refractivity contribution in [3.63, 3.8) is 0 Å². The summed E-state index contributed by atoms with van der Waals surface area (Å²) in [6, 6.07) is 4.88. The molecule has 0 fully saturated rings. The van der Waals surface area contributed by atoms with E-state index in [0.29, 0.717) is 0 Å². The SMILES string of the molecule is O=S([O-])Oc1cccc(F)c1. The van der Waals surface area contributed by atoms with E-state index in [0.717, 1.165) is 6.07 Å². The zero-order valence-electron chi connectivity index (χ0n) is 5.32. The number of hydrogen-bond acceptors (Lipinski definition) is 3. The lowest BCUT2D eigenvalue weighted by Crippen LogP contribution is -1.97. The molecular formula is C6H4FO3S-. The predicted molar refractivity (Wildman–Crippen MR) is 35.9 cm³/mol. The average molecular weight is 175 g/mol. The monoisotopic (exact) mass is 175 g/mol. The highest BCUT2D eigenvalue weighted by Crippen LogP contribution is 2.12. The molecule has 11 heavy (non-hydrogen) atoms. The van der Waals surface area contributed by atoms with Crippen LogP contribution in [-0.2, 0) is 11.4 Å². The van der Waals surface area contributed by atoms with Crippen LogP contribution in [0.3, 0.4) is 0 Å². The van der Waals surface area contributed by atoms with Crippen LogP contribution in [0, 0.1) is 5.82 Å². The van der Waals surface area contributed by atoms with Gasteiger partial charge < -0.3 is 8.74 Å². The summed E-state index contributed by atoms with van der Waals surface area (Å²) in [6.45, 7) is 0. The Hall–Kier alpha value is -0.940. The Morgan fingerprint density at radius 3 is 2.82 bits per heavy atom. The van der Waals surface area contributed by atoms with E-state index >= 15 is 0 Å². The van der Waals surface area contributed by atoms with Crippen LogP contribution in [0.15, 0.2) is 24.3 Å². The van der Waals surface area contributed by atoms with Gasteiger partial charge in [0.1, 0.15) is 22.9 Å². The largest absolute Gasteiger partial charge is 0.740 e. The third-order valence-corrected chi connectivity index (χ3v) is 1.29. The van der Waals surface area contributed by atoms with Crippen molar-refractivity contribution in [2.75, 3.05) is 0 Å². The standard InChI is InChI=1S/C6H5FO3S/c7-5-2-1-3-6(4-5)10-11(8)9/h1-4H,(H,8,9)/p-1. The van der Waals surface area contributed by atoms with E-state index in [1.807, 2.05) is 0 Å². The molecule has 60 valence electrons. The van der Waals surface area contributed by atoms with Gasteiger partial charge in [-0.3, -0.25) is 0 Å². The van der Waals surface area contributed by atoms with E-state index in [9.17, 15) is 13.2 Å². The molecule has 0 radical (unpaired) electrons. The van der Waals surface area contributed by atoms with Crippen molar-refractivity contribution < 1.29 is 17.3 Å². The highest BCUT2D eigenvalue weighted by atomic mass is 32.2. The second kappa shape index (κ2) is 3.45. The molecule has 0 N–H and O–H groups in total. The second-order valence-electron chi connectivity index (χ2n) is 1.74. The van der Waals surface area contributed by atoms with E-state index in [2.05, 4.69) is 4.18 Å². The van der Waals surface area contributed by atoms with Gasteiger partial charge in [-0.15, -0.1) is 0 Å². The Labute approximate surface area is 65.3 Å². The zero-order chi connectivity index (χ0) is 8.27. The molecule has 1 aromatic rings. The fraction of sp³-hybridized carbons (Fsp3) is 0. The number of halogens is 1. The maximum Gasteiger partial charge on any atom is 0.142 e. The third kappa shape index (κ3) is 2.65. The van der Waals surface area contributed by atoms with Crippen LogP contribution in [0.2, 0.25) is 0 Å². The minimum Gasteiger partial charge on any atom is -0.740 e. The molecule has 1 unspecified atom stereocenters. The molecule has 3 nitrogen and oxygen atoms in total. The topological polar surface area (TPSA) is 49.4 Å². The Morgan fingerprint density at radius 2 is 2.27 bits per heavy atom. The van der Waals surface area contributed by atoms with Crippen LogP contribution < -0.4 is 4.18 Å². The first kappa shape index (κ1) is 8.16. The van der Waals surface area contributed by atoms with Crippen LogP contribution in [0.5, 0.6) is 5.75 Å². The summed E-state index contributed by atoms with van der Waals surface area (Å²) in [5.74, 6) is -0.564. The highest BCUT2D eigenvalue weighted by Gasteiger charge is 1.94. The Bertz CT molecular complexity index is 276. The zero-order valence-corrected chi connectivity index (χ0v) is 6.14. The van der Waals surface area contributed by atoms with Gasteiger partial charge in [0.15, 0.2) is 0 Å². The van der Waals surface area contributed by atoms with E-state index in [1.165, 1.54) is 18.2 Å². The molecular weight excluding hydrogens is 171 g/mol. The first-order valence-electron chi connectivity index (χ1n) is 2.71. The summed E-state index contributed by atoms with van der Waals surface area (Å²) < 4.78 is 36.4. The average Bonchev–Trinajstić information content (AvgIpc) is 1.85. The molecule has 1 aromatic carbocycles. The fourth-order valence-electron chi connectivity index (χ4n) is 0.597. The Kier molecular flexibility index (Phi) is 2.56. The predicted octanol–water partition coefficient (Wildman–Crippen LogP) is 0.999. The molecule has 0 aliphatic rings. The molecule has 0 aliphatic carbocycles. The molecule has 0 aliphatic heterocycles. The second-order valence-corrected chi connectivity index (χ2v) is 2.32. The minimum absolute atomic E-state index is 0.0293. The minimum atomic E-state index is -2.64. The van der Waals surface area contributed by atoms with Gasteiger partial charge in [-0.2, -0.15) is 0 Å². The van der Waals surface area contributed by atoms with Crippen molar-refractivity contribution in [3.05, 3.63) is 30.1 Å². The van der Waals surface area contributed by atoms with E-state index in [1.54, 1.807) is 0 Å². The van der Waals surface area contributed by atoms with Gasteiger partial charge in [0.2, 0.25) is 0 Å². The first-order valence-corrected chi connectivity index (χ1v) is 3.71. The van der Waals surface area contributed by atoms with Gasteiger partial charge in [-0.05, 0) is 12.1 Å². The normalized spacial score (nSPS) is 12.5. The van der Waals surface area contributed by atoms with Crippen LogP contribution >= 0.6 is 0 Å². The van der Waals surface area contributed by atoms with Crippen molar-refractivity contribution in [2.24, 2.45) is 0 Å². The Morgan fingerprint density at radius 1 is 1.55 bits per heavy atom. The number of hydrogen-bond donors (Lipinski definition) is 0. The van der Waals surface area contributed by atoms with Crippen LogP contribution in [0.25, 0.3) is 0 Å². The summed E-state index contributed by atoms with van der Waals surface area (Å²) in [4.78, 5) is 0. The van der Waals surface area contributed by atoms with E-state index in [4.69, 9.17) is 0 Å². The van der Waals surface area contributed by atoms with Crippen LogP contribution in [-0.4, -0.2) is 8.76 Å². The van der Waals surface area contributed by atoms with E-state index < -0.39 is 17.2 Å². The van der Waals surface area contributed by atoms with Crippen molar-refractivity contribution in [1.82, 2.24) is 0 Å². The lowest BCUT2D eigenvalue weighted by atomic mass is 10.3. The quantitative estimate of drug-likeness (QED) is 0.630. The van der Waals surface area contributed by atoms with Gasteiger partial charge in [-0.25, -0.2) is 8.60 Å². The van der Waals surface area contributed by atoms with Gasteiger partial charge in [0.25, 0.3) is 0 Å². The molecule has 0 heterocycles. The molecule has 0 aromatic heterocycles. The summed E-state index contributed by atoms with van der Waals surface area (Å²) >= 11 is -2.64. The highest BCUT2D eigenvalue weighted by molar-refractivity contribution is 7.74. The smallest absolute Gasteiger partial charge is 0.142 e. The van der Waals surface area contributed by atoms with Crippen molar-refractivity contribution in [1.29, 1.82) is 0 Å². The Balaban J connectivity index is 2.79. The molecule has 0 bridgehead atoms. The summed E-state index contributed by atoms with van der Waals surface area (Å²) in [6.07, 6.45) is 0. The van der Waals surface area contributed by atoms with E-state index in [-0.39, 0.29) is 5.75 Å². The molecule has 0 saturated heterocycles. The van der Waals surface area contributed by atoms with Crippen molar-refractivity contribution >= 4 is 11.4 Å². The number of rotatable bonds is 2. The first-order chi connectivity index (χ1) is 5.18. The van der Waals surface area contributed by atoms with Gasteiger partial charge in [0.05, 0.1) is 0 Å². The molecule has 0 spiro atoms. The maximum atomic E-state index is 12.3. The fourth-order valence-corrected chi connectivity index (χ4v) is 0.858. The van der Waals surface area contributed by atoms with Crippen LogP contribution in [0.1, 0.15) is 0 Å². The summed E-state index contributed by atoms with van der Waals surface area (Å²) in [5.41, 5.74) is 0. The summed E-state index contributed by atoms with van der Waals surface area (Å²) in [5, 5.41) is 0.